The van der Waals surface area contributed by atoms with Crippen molar-refractivity contribution in [2.75, 3.05) is 32.8 Å². The van der Waals surface area contributed by atoms with Crippen molar-refractivity contribution < 1.29 is 19.1 Å². The quantitative estimate of drug-likeness (QED) is 0.681. The molecule has 0 saturated carbocycles. The molecule has 25 heavy (non-hydrogen) atoms. The molecule has 1 saturated heterocycles. The maximum absolute atomic E-state index is 12.0. The number of piperidine rings is 1. The summed E-state index contributed by atoms with van der Waals surface area (Å²) in [4.78, 5) is 23.3. The van der Waals surface area contributed by atoms with Crippen LogP contribution in [-0.2, 0) is 20.7 Å². The van der Waals surface area contributed by atoms with E-state index in [9.17, 15) is 9.59 Å². The van der Waals surface area contributed by atoms with Crippen LogP contribution in [-0.4, -0.2) is 44.7 Å². The molecule has 1 heterocycles. The van der Waals surface area contributed by atoms with Crippen LogP contribution < -0.4 is 15.4 Å². The highest BCUT2D eigenvalue weighted by atomic mass is 35.5. The molecule has 0 aromatic heterocycles. The summed E-state index contributed by atoms with van der Waals surface area (Å²) in [6, 6.07) is 7.53. The summed E-state index contributed by atoms with van der Waals surface area (Å²) in [5.41, 5.74) is 1.11. The number of amides is 1. The highest BCUT2D eigenvalue weighted by Gasteiger charge is 2.20. The number of carbonyl (C=O) groups is 2. The molecule has 2 N–H and O–H groups in total. The van der Waals surface area contributed by atoms with Gasteiger partial charge in [-0.3, -0.25) is 4.79 Å². The average Bonchev–Trinajstić information content (AvgIpc) is 2.62. The first-order chi connectivity index (χ1) is 11.7. The van der Waals surface area contributed by atoms with Crippen molar-refractivity contribution in [2.24, 2.45) is 5.92 Å². The zero-order valence-electron chi connectivity index (χ0n) is 14.6. The third-order valence-electron chi connectivity index (χ3n) is 4.01. The number of carbonyl (C=O) groups excluding carboxylic acids is 2. The number of hydrogen-bond donors (Lipinski definition) is 2. The molecule has 0 aliphatic carbocycles. The fourth-order valence-corrected chi connectivity index (χ4v) is 2.66. The lowest BCUT2D eigenvalue weighted by Gasteiger charge is -2.21. The van der Waals surface area contributed by atoms with Gasteiger partial charge >= 0.3 is 5.97 Å². The highest BCUT2D eigenvalue weighted by molar-refractivity contribution is 5.85. The van der Waals surface area contributed by atoms with Gasteiger partial charge in [-0.15, -0.1) is 12.4 Å². The van der Waals surface area contributed by atoms with Gasteiger partial charge in [0.2, 0.25) is 5.91 Å². The lowest BCUT2D eigenvalue weighted by Crippen LogP contribution is -2.38. The van der Waals surface area contributed by atoms with Gasteiger partial charge in [-0.2, -0.15) is 0 Å². The van der Waals surface area contributed by atoms with E-state index in [1.807, 2.05) is 24.3 Å². The SMILES string of the molecule is CCOC(=O)COc1ccc(CCNC(=O)C2CCNCC2)cc1.Cl. The maximum atomic E-state index is 12.0. The predicted molar refractivity (Wildman–Crippen MR) is 98.1 cm³/mol. The third-order valence-corrected chi connectivity index (χ3v) is 4.01. The van der Waals surface area contributed by atoms with E-state index in [1.165, 1.54) is 0 Å². The van der Waals surface area contributed by atoms with E-state index in [2.05, 4.69) is 10.6 Å². The summed E-state index contributed by atoms with van der Waals surface area (Å²) in [7, 11) is 0. The Bertz CT molecular complexity index is 530. The number of hydrogen-bond acceptors (Lipinski definition) is 5. The molecule has 1 amide bonds. The topological polar surface area (TPSA) is 76.7 Å². The van der Waals surface area contributed by atoms with Gasteiger partial charge in [0.25, 0.3) is 0 Å². The third kappa shape index (κ3) is 7.75. The molecule has 0 atom stereocenters. The van der Waals surface area contributed by atoms with Crippen LogP contribution in [0.2, 0.25) is 0 Å². The molecular formula is C18H27ClN2O4. The molecule has 1 aliphatic rings. The van der Waals surface area contributed by atoms with Crippen molar-refractivity contribution in [3.63, 3.8) is 0 Å². The number of halogens is 1. The van der Waals surface area contributed by atoms with Crippen molar-refractivity contribution >= 4 is 24.3 Å². The number of benzene rings is 1. The summed E-state index contributed by atoms with van der Waals surface area (Å²) in [6.07, 6.45) is 2.60. The summed E-state index contributed by atoms with van der Waals surface area (Å²) in [5, 5.41) is 6.27. The fourth-order valence-electron chi connectivity index (χ4n) is 2.66. The van der Waals surface area contributed by atoms with Gasteiger partial charge in [0.1, 0.15) is 5.75 Å². The van der Waals surface area contributed by atoms with Crippen LogP contribution in [0.5, 0.6) is 5.75 Å². The largest absolute Gasteiger partial charge is 0.482 e. The Labute approximate surface area is 155 Å². The van der Waals surface area contributed by atoms with Crippen molar-refractivity contribution in [1.82, 2.24) is 10.6 Å². The summed E-state index contributed by atoms with van der Waals surface area (Å²) < 4.78 is 10.2. The van der Waals surface area contributed by atoms with Crippen LogP contribution in [0.3, 0.4) is 0 Å². The molecule has 1 fully saturated rings. The minimum atomic E-state index is -0.373. The maximum Gasteiger partial charge on any atom is 0.344 e. The van der Waals surface area contributed by atoms with E-state index in [-0.39, 0.29) is 36.8 Å². The second-order valence-electron chi connectivity index (χ2n) is 5.80. The van der Waals surface area contributed by atoms with E-state index < -0.39 is 0 Å². The van der Waals surface area contributed by atoms with E-state index in [0.29, 0.717) is 18.9 Å². The summed E-state index contributed by atoms with van der Waals surface area (Å²) in [5.74, 6) is 0.559. The van der Waals surface area contributed by atoms with Crippen LogP contribution in [0.1, 0.15) is 25.3 Å². The average molecular weight is 371 g/mol. The normalized spacial score (nSPS) is 14.3. The second kappa shape index (κ2) is 11.7. The molecule has 0 unspecified atom stereocenters. The van der Waals surface area contributed by atoms with Crippen molar-refractivity contribution in [3.8, 4) is 5.75 Å². The fraction of sp³-hybridized carbons (Fsp3) is 0.556. The number of nitrogens with one attached hydrogen (secondary N) is 2. The molecule has 1 aromatic rings. The van der Waals surface area contributed by atoms with Gasteiger partial charge in [0.15, 0.2) is 6.61 Å². The first-order valence-corrected chi connectivity index (χ1v) is 8.55. The predicted octanol–water partition coefficient (Wildman–Crippen LogP) is 1.71. The second-order valence-corrected chi connectivity index (χ2v) is 5.80. The standard InChI is InChI=1S/C18H26N2O4.ClH/c1-2-23-17(21)13-24-16-5-3-14(4-6-16)7-12-20-18(22)15-8-10-19-11-9-15;/h3-6,15,19H,2,7-13H2,1H3,(H,20,22);1H. The highest BCUT2D eigenvalue weighted by Crippen LogP contribution is 2.13. The van der Waals surface area contributed by atoms with Gasteiger partial charge in [0, 0.05) is 12.5 Å². The Hall–Kier alpha value is -1.79. The van der Waals surface area contributed by atoms with E-state index in [1.54, 1.807) is 6.92 Å². The van der Waals surface area contributed by atoms with Crippen molar-refractivity contribution in [3.05, 3.63) is 29.8 Å². The Kier molecular flexibility index (Phi) is 9.96. The van der Waals surface area contributed by atoms with Gasteiger partial charge in [-0.05, 0) is 57.0 Å². The summed E-state index contributed by atoms with van der Waals surface area (Å²) >= 11 is 0. The molecule has 0 bridgehead atoms. The van der Waals surface area contributed by atoms with E-state index in [4.69, 9.17) is 9.47 Å². The van der Waals surface area contributed by atoms with E-state index >= 15 is 0 Å². The number of rotatable bonds is 8. The van der Waals surface area contributed by atoms with Crippen LogP contribution in [0.25, 0.3) is 0 Å². The first-order valence-electron chi connectivity index (χ1n) is 8.55. The van der Waals surface area contributed by atoms with Gasteiger partial charge in [-0.25, -0.2) is 4.79 Å². The Morgan fingerprint density at radius 1 is 1.20 bits per heavy atom. The Balaban J connectivity index is 0.00000312. The van der Waals surface area contributed by atoms with E-state index in [0.717, 1.165) is 37.9 Å². The number of esters is 1. The Morgan fingerprint density at radius 3 is 2.52 bits per heavy atom. The summed E-state index contributed by atoms with van der Waals surface area (Å²) in [6.45, 7) is 4.50. The van der Waals surface area contributed by atoms with Crippen LogP contribution in [0.15, 0.2) is 24.3 Å². The molecule has 140 valence electrons. The van der Waals surface area contributed by atoms with Crippen LogP contribution >= 0.6 is 12.4 Å². The van der Waals surface area contributed by atoms with Crippen LogP contribution in [0.4, 0.5) is 0 Å². The molecule has 1 aliphatic heterocycles. The lowest BCUT2D eigenvalue weighted by atomic mass is 9.97. The smallest absolute Gasteiger partial charge is 0.344 e. The minimum Gasteiger partial charge on any atom is -0.482 e. The molecule has 1 aromatic carbocycles. The van der Waals surface area contributed by atoms with Gasteiger partial charge < -0.3 is 20.1 Å². The lowest BCUT2D eigenvalue weighted by molar-refractivity contribution is -0.145. The first kappa shape index (κ1) is 21.3. The molecule has 2 rings (SSSR count). The Morgan fingerprint density at radius 2 is 1.88 bits per heavy atom. The number of ether oxygens (including phenoxy) is 2. The molecule has 6 nitrogen and oxygen atoms in total. The van der Waals surface area contributed by atoms with Crippen LogP contribution in [0, 0.1) is 5.92 Å². The zero-order chi connectivity index (χ0) is 17.2. The van der Waals surface area contributed by atoms with Crippen molar-refractivity contribution in [2.45, 2.75) is 26.2 Å². The molecule has 0 spiro atoms. The molecule has 7 heteroatoms. The molecular weight excluding hydrogens is 344 g/mol. The van der Waals surface area contributed by atoms with Crippen molar-refractivity contribution in [1.29, 1.82) is 0 Å². The van der Waals surface area contributed by atoms with Gasteiger partial charge in [-0.1, -0.05) is 12.1 Å². The zero-order valence-corrected chi connectivity index (χ0v) is 15.4. The van der Waals surface area contributed by atoms with Gasteiger partial charge in [0.05, 0.1) is 6.61 Å². The minimum absolute atomic E-state index is 0. The molecule has 0 radical (unpaired) electrons. The monoisotopic (exact) mass is 370 g/mol.